The van der Waals surface area contributed by atoms with E-state index in [4.69, 9.17) is 9.47 Å². The van der Waals surface area contributed by atoms with Gasteiger partial charge in [0.15, 0.2) is 11.5 Å². The summed E-state index contributed by atoms with van der Waals surface area (Å²) in [5.41, 5.74) is 1.16. The van der Waals surface area contributed by atoms with Crippen LogP contribution in [0.1, 0.15) is 36.1 Å². The van der Waals surface area contributed by atoms with Crippen molar-refractivity contribution < 1.29 is 28.6 Å². The molecule has 1 aliphatic heterocycles. The number of carbonyl (C=O) groups is 2. The van der Waals surface area contributed by atoms with Gasteiger partial charge in [-0.25, -0.2) is 4.39 Å². The van der Waals surface area contributed by atoms with Crippen molar-refractivity contribution in [2.75, 3.05) is 20.8 Å². The summed E-state index contributed by atoms with van der Waals surface area (Å²) in [5, 5.41) is 11.0. The Morgan fingerprint density at radius 1 is 1.10 bits per heavy atom. The zero-order valence-corrected chi connectivity index (χ0v) is 17.4. The summed E-state index contributed by atoms with van der Waals surface area (Å²) >= 11 is 0. The first-order valence-corrected chi connectivity index (χ1v) is 9.60. The monoisotopic (exact) mass is 413 g/mol. The number of likely N-dealkylation sites (tertiary alicyclic amines) is 1. The average molecular weight is 413 g/mol. The van der Waals surface area contributed by atoms with Gasteiger partial charge in [0.1, 0.15) is 11.6 Å². The molecule has 30 heavy (non-hydrogen) atoms. The number of aliphatic hydroxyl groups is 1. The fourth-order valence-corrected chi connectivity index (χ4v) is 3.67. The Labute approximate surface area is 174 Å². The molecule has 0 radical (unpaired) electrons. The summed E-state index contributed by atoms with van der Waals surface area (Å²) in [6.45, 7) is 3.80. The molecule has 1 fully saturated rings. The predicted octanol–water partition coefficient (Wildman–Crippen LogP) is 3.98. The molecule has 1 atom stereocenters. The Kier molecular flexibility index (Phi) is 6.10. The van der Waals surface area contributed by atoms with Gasteiger partial charge in [-0.3, -0.25) is 9.59 Å². The Balaban J connectivity index is 2.22. The van der Waals surface area contributed by atoms with E-state index in [2.05, 4.69) is 0 Å². The van der Waals surface area contributed by atoms with E-state index in [0.29, 0.717) is 35.6 Å². The number of ketones is 1. The van der Waals surface area contributed by atoms with Gasteiger partial charge >= 0.3 is 0 Å². The van der Waals surface area contributed by atoms with Gasteiger partial charge in [0.25, 0.3) is 11.7 Å². The molecule has 1 heterocycles. The number of rotatable bonds is 6. The molecular weight excluding hydrogens is 389 g/mol. The predicted molar refractivity (Wildman–Crippen MR) is 110 cm³/mol. The number of Topliss-reactive ketones (excluding diaryl/α,β-unsaturated/α-hetero) is 1. The number of halogens is 1. The van der Waals surface area contributed by atoms with Crippen LogP contribution in [-0.2, 0) is 9.59 Å². The van der Waals surface area contributed by atoms with E-state index in [1.54, 1.807) is 25.1 Å². The zero-order valence-electron chi connectivity index (χ0n) is 17.4. The molecule has 1 saturated heterocycles. The van der Waals surface area contributed by atoms with Crippen molar-refractivity contribution in [2.45, 2.75) is 26.3 Å². The number of nitrogens with zero attached hydrogens (tertiary/aromatic N) is 1. The van der Waals surface area contributed by atoms with Crippen LogP contribution in [0, 0.1) is 12.7 Å². The van der Waals surface area contributed by atoms with E-state index in [1.807, 2.05) is 6.92 Å². The lowest BCUT2D eigenvalue weighted by Crippen LogP contribution is -2.30. The largest absolute Gasteiger partial charge is 0.507 e. The summed E-state index contributed by atoms with van der Waals surface area (Å²) in [5.74, 6) is -1.28. The quantitative estimate of drug-likeness (QED) is 0.440. The third-order valence-corrected chi connectivity index (χ3v) is 5.16. The molecule has 1 amide bonds. The van der Waals surface area contributed by atoms with Crippen LogP contribution >= 0.6 is 0 Å². The summed E-state index contributed by atoms with van der Waals surface area (Å²) in [7, 11) is 3.00. The number of amides is 1. The number of aliphatic hydroxyl groups excluding tert-OH is 1. The van der Waals surface area contributed by atoms with Crippen LogP contribution in [0.4, 0.5) is 4.39 Å². The van der Waals surface area contributed by atoms with Gasteiger partial charge in [-0.05, 0) is 54.8 Å². The van der Waals surface area contributed by atoms with Gasteiger partial charge in [-0.1, -0.05) is 13.0 Å². The molecule has 2 aromatic carbocycles. The Morgan fingerprint density at radius 2 is 1.80 bits per heavy atom. The minimum atomic E-state index is -0.796. The highest BCUT2D eigenvalue weighted by atomic mass is 19.1. The fourth-order valence-electron chi connectivity index (χ4n) is 3.67. The second-order valence-corrected chi connectivity index (χ2v) is 7.07. The molecule has 0 aliphatic carbocycles. The number of methoxy groups -OCH3 is 2. The van der Waals surface area contributed by atoms with Crippen molar-refractivity contribution >= 4 is 17.4 Å². The fraction of sp³-hybridized carbons (Fsp3) is 0.304. The standard InChI is InChI=1S/C23H24FNO5/c1-5-10-25-20(14-7-9-17(29-3)18(12-14)30-4)19(22(27)23(25)28)21(26)15-6-8-16(24)13(2)11-15/h6-9,11-12,20,26H,5,10H2,1-4H3/b21-19-. The third-order valence-electron chi connectivity index (χ3n) is 5.16. The molecule has 1 N–H and O–H groups in total. The number of hydrogen-bond acceptors (Lipinski definition) is 5. The lowest BCUT2D eigenvalue weighted by atomic mass is 9.94. The van der Waals surface area contributed by atoms with Crippen molar-refractivity contribution in [1.82, 2.24) is 4.90 Å². The maximum atomic E-state index is 13.7. The highest BCUT2D eigenvalue weighted by molar-refractivity contribution is 6.46. The molecule has 1 aliphatic rings. The Bertz CT molecular complexity index is 1030. The summed E-state index contributed by atoms with van der Waals surface area (Å²) < 4.78 is 24.3. The zero-order chi connectivity index (χ0) is 22.0. The van der Waals surface area contributed by atoms with Crippen molar-refractivity contribution in [3.05, 3.63) is 64.5 Å². The summed E-state index contributed by atoms with van der Waals surface area (Å²) in [4.78, 5) is 27.1. The van der Waals surface area contributed by atoms with Crippen LogP contribution in [0.5, 0.6) is 11.5 Å². The Hall–Kier alpha value is -3.35. The van der Waals surface area contributed by atoms with Crippen LogP contribution in [0.3, 0.4) is 0 Å². The number of hydrogen-bond donors (Lipinski definition) is 1. The molecule has 1 unspecified atom stereocenters. The highest BCUT2D eigenvalue weighted by Crippen LogP contribution is 2.42. The maximum absolute atomic E-state index is 13.7. The molecular formula is C23H24FNO5. The van der Waals surface area contributed by atoms with Crippen LogP contribution in [0.2, 0.25) is 0 Å². The molecule has 158 valence electrons. The Morgan fingerprint density at radius 3 is 2.40 bits per heavy atom. The lowest BCUT2D eigenvalue weighted by Gasteiger charge is -2.25. The van der Waals surface area contributed by atoms with Crippen LogP contribution in [0.15, 0.2) is 42.0 Å². The maximum Gasteiger partial charge on any atom is 0.295 e. The van der Waals surface area contributed by atoms with Gasteiger partial charge < -0.3 is 19.5 Å². The van der Waals surface area contributed by atoms with Gasteiger partial charge in [0, 0.05) is 12.1 Å². The number of ether oxygens (including phenoxy) is 2. The van der Waals surface area contributed by atoms with Gasteiger partial charge in [0.05, 0.1) is 25.8 Å². The second-order valence-electron chi connectivity index (χ2n) is 7.07. The second kappa shape index (κ2) is 8.57. The molecule has 2 aromatic rings. The summed E-state index contributed by atoms with van der Waals surface area (Å²) in [6, 6.07) is 8.35. The van der Waals surface area contributed by atoms with Crippen molar-refractivity contribution in [2.24, 2.45) is 0 Å². The molecule has 3 rings (SSSR count). The highest BCUT2D eigenvalue weighted by Gasteiger charge is 2.45. The van der Waals surface area contributed by atoms with E-state index in [-0.39, 0.29) is 16.9 Å². The van der Waals surface area contributed by atoms with E-state index in [9.17, 15) is 19.1 Å². The van der Waals surface area contributed by atoms with Crippen LogP contribution < -0.4 is 9.47 Å². The molecule has 6 nitrogen and oxygen atoms in total. The van der Waals surface area contributed by atoms with E-state index in [0.717, 1.165) is 0 Å². The minimum Gasteiger partial charge on any atom is -0.507 e. The van der Waals surface area contributed by atoms with E-state index < -0.39 is 23.5 Å². The molecule has 0 saturated carbocycles. The van der Waals surface area contributed by atoms with E-state index >= 15 is 0 Å². The third kappa shape index (κ3) is 3.63. The van der Waals surface area contributed by atoms with E-state index in [1.165, 1.54) is 37.3 Å². The summed E-state index contributed by atoms with van der Waals surface area (Å²) in [6.07, 6.45) is 0.631. The number of benzene rings is 2. The topological polar surface area (TPSA) is 76.1 Å². The van der Waals surface area contributed by atoms with Gasteiger partial charge in [-0.2, -0.15) is 0 Å². The normalized spacial score (nSPS) is 18.0. The van der Waals surface area contributed by atoms with Crippen LogP contribution in [-0.4, -0.2) is 42.5 Å². The average Bonchev–Trinajstić information content (AvgIpc) is 2.99. The number of carbonyl (C=O) groups excluding carboxylic acids is 2. The van der Waals surface area contributed by atoms with Gasteiger partial charge in [-0.15, -0.1) is 0 Å². The SMILES string of the molecule is CCCN1C(=O)C(=O)/C(=C(\O)c2ccc(F)c(C)c2)C1c1ccc(OC)c(OC)c1. The first kappa shape index (κ1) is 21.4. The molecule has 0 aromatic heterocycles. The molecule has 0 bridgehead atoms. The first-order valence-electron chi connectivity index (χ1n) is 9.60. The number of aryl methyl sites for hydroxylation is 1. The van der Waals surface area contributed by atoms with Crippen LogP contribution in [0.25, 0.3) is 5.76 Å². The molecule has 7 heteroatoms. The molecule has 0 spiro atoms. The minimum absolute atomic E-state index is 0.0355. The first-order chi connectivity index (χ1) is 14.3. The smallest absolute Gasteiger partial charge is 0.295 e. The van der Waals surface area contributed by atoms with Gasteiger partial charge in [0.2, 0.25) is 0 Å². The lowest BCUT2D eigenvalue weighted by molar-refractivity contribution is -0.139. The van der Waals surface area contributed by atoms with Crippen molar-refractivity contribution in [3.8, 4) is 11.5 Å². The van der Waals surface area contributed by atoms with Crippen molar-refractivity contribution in [1.29, 1.82) is 0 Å². The van der Waals surface area contributed by atoms with Crippen molar-refractivity contribution in [3.63, 3.8) is 0 Å².